The second kappa shape index (κ2) is 7.22. The molecule has 0 aliphatic carbocycles. The highest BCUT2D eigenvalue weighted by atomic mass is 16.5. The lowest BCUT2D eigenvalue weighted by Gasteiger charge is -2.32. The van der Waals surface area contributed by atoms with E-state index in [1.54, 1.807) is 6.92 Å². The van der Waals surface area contributed by atoms with Crippen LogP contribution >= 0.6 is 0 Å². The standard InChI is InChI=1S/C16H20O5/c1-2-20-15(18)16(12-19-10-8-14(16)17)9-11-21-13-6-4-3-5-7-13/h3-7H,2,8-12H2,1H3. The Hall–Kier alpha value is -1.88. The van der Waals surface area contributed by atoms with Crippen molar-refractivity contribution < 1.29 is 23.8 Å². The van der Waals surface area contributed by atoms with Crippen LogP contribution in [-0.2, 0) is 19.1 Å². The first-order valence-electron chi connectivity index (χ1n) is 7.15. The highest BCUT2D eigenvalue weighted by molar-refractivity contribution is 6.04. The van der Waals surface area contributed by atoms with Crippen molar-refractivity contribution in [3.05, 3.63) is 30.3 Å². The van der Waals surface area contributed by atoms with Crippen LogP contribution in [0.5, 0.6) is 5.75 Å². The molecule has 1 aromatic carbocycles. The Labute approximate surface area is 124 Å². The molecule has 0 radical (unpaired) electrons. The van der Waals surface area contributed by atoms with E-state index >= 15 is 0 Å². The van der Waals surface area contributed by atoms with E-state index in [-0.39, 0.29) is 38.4 Å². The van der Waals surface area contributed by atoms with E-state index in [9.17, 15) is 9.59 Å². The molecule has 1 atom stereocenters. The molecule has 1 saturated heterocycles. The number of Topliss-reactive ketones (excluding diaryl/α,β-unsaturated/α-hetero) is 1. The monoisotopic (exact) mass is 292 g/mol. The van der Waals surface area contributed by atoms with Crippen molar-refractivity contribution in [1.29, 1.82) is 0 Å². The van der Waals surface area contributed by atoms with Gasteiger partial charge in [-0.05, 0) is 19.1 Å². The number of ether oxygens (including phenoxy) is 3. The van der Waals surface area contributed by atoms with Gasteiger partial charge in [-0.15, -0.1) is 0 Å². The van der Waals surface area contributed by atoms with E-state index in [2.05, 4.69) is 0 Å². The molecule has 1 fully saturated rings. The molecule has 0 saturated carbocycles. The first kappa shape index (κ1) is 15.5. The molecule has 5 nitrogen and oxygen atoms in total. The number of hydrogen-bond acceptors (Lipinski definition) is 5. The minimum Gasteiger partial charge on any atom is -0.494 e. The lowest BCUT2D eigenvalue weighted by atomic mass is 9.78. The molecule has 0 amide bonds. The van der Waals surface area contributed by atoms with Crippen molar-refractivity contribution >= 4 is 11.8 Å². The van der Waals surface area contributed by atoms with Gasteiger partial charge in [-0.3, -0.25) is 9.59 Å². The fraction of sp³-hybridized carbons (Fsp3) is 0.500. The lowest BCUT2D eigenvalue weighted by molar-refractivity contribution is -0.170. The molecule has 0 spiro atoms. The van der Waals surface area contributed by atoms with Crippen LogP contribution in [-0.4, -0.2) is 38.2 Å². The van der Waals surface area contributed by atoms with Crippen LogP contribution in [0.15, 0.2) is 30.3 Å². The van der Waals surface area contributed by atoms with Crippen molar-refractivity contribution in [2.24, 2.45) is 5.41 Å². The van der Waals surface area contributed by atoms with Gasteiger partial charge in [0.1, 0.15) is 5.75 Å². The van der Waals surface area contributed by atoms with Gasteiger partial charge in [0, 0.05) is 12.8 Å². The van der Waals surface area contributed by atoms with E-state index in [0.717, 1.165) is 0 Å². The minimum absolute atomic E-state index is 0.0722. The molecule has 21 heavy (non-hydrogen) atoms. The fourth-order valence-corrected chi connectivity index (χ4v) is 2.35. The smallest absolute Gasteiger partial charge is 0.322 e. The summed E-state index contributed by atoms with van der Waals surface area (Å²) in [5.74, 6) is 0.0795. The maximum Gasteiger partial charge on any atom is 0.322 e. The maximum atomic E-state index is 12.2. The molecule has 1 unspecified atom stereocenters. The average molecular weight is 292 g/mol. The van der Waals surface area contributed by atoms with Crippen LogP contribution in [0.1, 0.15) is 19.8 Å². The summed E-state index contributed by atoms with van der Waals surface area (Å²) in [6, 6.07) is 9.29. The molecule has 1 heterocycles. The summed E-state index contributed by atoms with van der Waals surface area (Å²) in [4.78, 5) is 24.4. The van der Waals surface area contributed by atoms with Gasteiger partial charge < -0.3 is 14.2 Å². The van der Waals surface area contributed by atoms with Gasteiger partial charge in [0.25, 0.3) is 0 Å². The van der Waals surface area contributed by atoms with Gasteiger partial charge in [-0.1, -0.05) is 18.2 Å². The first-order valence-corrected chi connectivity index (χ1v) is 7.15. The Morgan fingerprint density at radius 3 is 2.76 bits per heavy atom. The zero-order chi connectivity index (χ0) is 15.1. The third kappa shape index (κ3) is 3.61. The normalized spacial score (nSPS) is 21.9. The van der Waals surface area contributed by atoms with Gasteiger partial charge in [-0.25, -0.2) is 0 Å². The van der Waals surface area contributed by atoms with Crippen LogP contribution in [0.2, 0.25) is 0 Å². The van der Waals surface area contributed by atoms with E-state index in [1.807, 2.05) is 30.3 Å². The molecule has 0 N–H and O–H groups in total. The van der Waals surface area contributed by atoms with E-state index in [0.29, 0.717) is 12.4 Å². The van der Waals surface area contributed by atoms with Gasteiger partial charge >= 0.3 is 5.97 Å². The van der Waals surface area contributed by atoms with Gasteiger partial charge in [0.05, 0.1) is 26.4 Å². The van der Waals surface area contributed by atoms with Crippen molar-refractivity contribution in [1.82, 2.24) is 0 Å². The number of esters is 1. The van der Waals surface area contributed by atoms with Crippen LogP contribution in [0.25, 0.3) is 0 Å². The van der Waals surface area contributed by atoms with Gasteiger partial charge in [0.15, 0.2) is 11.2 Å². The molecule has 0 bridgehead atoms. The molecular weight excluding hydrogens is 272 g/mol. The Morgan fingerprint density at radius 2 is 2.10 bits per heavy atom. The molecule has 0 aromatic heterocycles. The summed E-state index contributed by atoms with van der Waals surface area (Å²) in [6.07, 6.45) is 0.504. The van der Waals surface area contributed by atoms with Crippen LogP contribution in [0.4, 0.5) is 0 Å². The van der Waals surface area contributed by atoms with Crippen molar-refractivity contribution in [3.8, 4) is 5.75 Å². The Kier molecular flexibility index (Phi) is 5.33. The van der Waals surface area contributed by atoms with E-state index in [1.165, 1.54) is 0 Å². The van der Waals surface area contributed by atoms with Crippen molar-refractivity contribution in [3.63, 3.8) is 0 Å². The predicted molar refractivity (Wildman–Crippen MR) is 76.1 cm³/mol. The molecule has 1 aliphatic rings. The highest BCUT2D eigenvalue weighted by Gasteiger charge is 2.48. The Balaban J connectivity index is 2.02. The maximum absolute atomic E-state index is 12.2. The van der Waals surface area contributed by atoms with Crippen LogP contribution < -0.4 is 4.74 Å². The Bertz CT molecular complexity index is 485. The summed E-state index contributed by atoms with van der Waals surface area (Å²) < 4.78 is 16.0. The number of carbonyl (C=O) groups excluding carboxylic acids is 2. The SMILES string of the molecule is CCOC(=O)C1(CCOc2ccccc2)COCCC1=O. The Morgan fingerprint density at radius 1 is 1.33 bits per heavy atom. The molecule has 2 rings (SSSR count). The third-order valence-corrected chi connectivity index (χ3v) is 3.56. The molecule has 1 aromatic rings. The zero-order valence-electron chi connectivity index (χ0n) is 12.2. The largest absolute Gasteiger partial charge is 0.494 e. The summed E-state index contributed by atoms with van der Waals surface area (Å²) in [5, 5.41) is 0. The molecule has 114 valence electrons. The second-order valence-corrected chi connectivity index (χ2v) is 4.94. The summed E-state index contributed by atoms with van der Waals surface area (Å²) >= 11 is 0. The second-order valence-electron chi connectivity index (χ2n) is 4.94. The van der Waals surface area contributed by atoms with E-state index < -0.39 is 11.4 Å². The van der Waals surface area contributed by atoms with Crippen molar-refractivity contribution in [2.75, 3.05) is 26.4 Å². The third-order valence-electron chi connectivity index (χ3n) is 3.56. The summed E-state index contributed by atoms with van der Waals surface area (Å²) in [6.45, 7) is 2.66. The van der Waals surface area contributed by atoms with Gasteiger partial charge in [-0.2, -0.15) is 0 Å². The summed E-state index contributed by atoms with van der Waals surface area (Å²) in [7, 11) is 0. The number of hydrogen-bond donors (Lipinski definition) is 0. The minimum atomic E-state index is -1.22. The van der Waals surface area contributed by atoms with Crippen LogP contribution in [0.3, 0.4) is 0 Å². The van der Waals surface area contributed by atoms with E-state index in [4.69, 9.17) is 14.2 Å². The van der Waals surface area contributed by atoms with Crippen LogP contribution in [0, 0.1) is 5.41 Å². The number of para-hydroxylation sites is 1. The highest BCUT2D eigenvalue weighted by Crippen LogP contribution is 2.31. The zero-order valence-corrected chi connectivity index (χ0v) is 12.2. The lowest BCUT2D eigenvalue weighted by Crippen LogP contribution is -2.49. The number of rotatable bonds is 6. The molecule has 5 heteroatoms. The van der Waals surface area contributed by atoms with Crippen molar-refractivity contribution in [2.45, 2.75) is 19.8 Å². The fourth-order valence-electron chi connectivity index (χ4n) is 2.35. The number of ketones is 1. The topological polar surface area (TPSA) is 61.8 Å². The van der Waals surface area contributed by atoms with Gasteiger partial charge in [0.2, 0.25) is 0 Å². The number of carbonyl (C=O) groups is 2. The predicted octanol–water partition coefficient (Wildman–Crippen LogP) is 1.99. The quantitative estimate of drug-likeness (QED) is 0.593. The number of benzene rings is 1. The summed E-state index contributed by atoms with van der Waals surface area (Å²) in [5.41, 5.74) is -1.22. The first-order chi connectivity index (χ1) is 10.2. The molecule has 1 aliphatic heterocycles. The molecular formula is C16H20O5. The average Bonchev–Trinajstić information content (AvgIpc) is 2.50.